The molecule has 7 rings (SSSR count). The van der Waals surface area contributed by atoms with Gasteiger partial charge in [-0.15, -0.1) is 0 Å². The molecule has 244 valence electrons. The Morgan fingerprint density at radius 2 is 1.64 bits per heavy atom. The van der Waals surface area contributed by atoms with E-state index in [2.05, 4.69) is 44.8 Å². The first-order chi connectivity index (χ1) is 22.6. The van der Waals surface area contributed by atoms with Gasteiger partial charge in [0.2, 0.25) is 11.8 Å². The molecule has 47 heavy (non-hydrogen) atoms. The number of rotatable bonds is 10. The summed E-state index contributed by atoms with van der Waals surface area (Å²) in [4.78, 5) is 34.5. The number of benzene rings is 2. The Balaban J connectivity index is 1.18. The molecule has 1 saturated carbocycles. The number of likely N-dealkylation sites (tertiary alicyclic amines) is 2. The maximum atomic E-state index is 12.8. The summed E-state index contributed by atoms with van der Waals surface area (Å²) in [7, 11) is 0. The van der Waals surface area contributed by atoms with Crippen LogP contribution in [-0.2, 0) is 16.1 Å². The van der Waals surface area contributed by atoms with E-state index < -0.39 is 0 Å². The third kappa shape index (κ3) is 6.50. The second-order valence-corrected chi connectivity index (χ2v) is 14.0. The van der Waals surface area contributed by atoms with Gasteiger partial charge in [-0.05, 0) is 81.0 Å². The van der Waals surface area contributed by atoms with E-state index >= 15 is 0 Å². The van der Waals surface area contributed by atoms with Crippen molar-refractivity contribution in [3.8, 4) is 34.1 Å². The van der Waals surface area contributed by atoms with Crippen LogP contribution >= 0.6 is 0 Å². The standard InChI is InChI=1S/C37H43N7O3/c1-22(2)31-14-15-32(40-39-31)25-8-12-30(13-9-25)47-33-17-26(6-7-27(33)20-42-19-24(5)16-34(42)45)36-38-37(44(41-36)23(3)4)28-18-35(46)43(21-28)29-10-11-29/h6-9,12-15,17,22-24,28-29H,10-11,16,18-21H2,1-5H3/t24-,28?/m0/s1. The fourth-order valence-corrected chi connectivity index (χ4v) is 6.63. The van der Waals surface area contributed by atoms with E-state index in [9.17, 15) is 9.59 Å². The number of carbonyl (C=O) groups excluding carboxylic acids is 2. The van der Waals surface area contributed by atoms with E-state index in [1.165, 1.54) is 0 Å². The van der Waals surface area contributed by atoms with Gasteiger partial charge in [0.1, 0.15) is 17.3 Å². The molecule has 2 aromatic carbocycles. The lowest BCUT2D eigenvalue weighted by molar-refractivity contribution is -0.129. The zero-order valence-corrected chi connectivity index (χ0v) is 27.9. The van der Waals surface area contributed by atoms with Crippen molar-refractivity contribution in [1.29, 1.82) is 0 Å². The van der Waals surface area contributed by atoms with Gasteiger partial charge in [-0.2, -0.15) is 15.3 Å². The zero-order chi connectivity index (χ0) is 32.8. The van der Waals surface area contributed by atoms with E-state index in [1.54, 1.807) is 0 Å². The highest BCUT2D eigenvalue weighted by Crippen LogP contribution is 2.38. The van der Waals surface area contributed by atoms with Crippen molar-refractivity contribution in [2.75, 3.05) is 13.1 Å². The van der Waals surface area contributed by atoms with Crippen LogP contribution in [0.25, 0.3) is 22.6 Å². The molecule has 3 fully saturated rings. The molecule has 2 aliphatic heterocycles. The maximum absolute atomic E-state index is 12.8. The van der Waals surface area contributed by atoms with Gasteiger partial charge in [-0.25, -0.2) is 9.67 Å². The number of amides is 2. The summed E-state index contributed by atoms with van der Waals surface area (Å²) in [6.07, 6.45) is 3.23. The number of aromatic nitrogens is 5. The monoisotopic (exact) mass is 633 g/mol. The Hall–Kier alpha value is -4.60. The van der Waals surface area contributed by atoms with Crippen LogP contribution in [-0.4, -0.2) is 65.7 Å². The average molecular weight is 634 g/mol. The first-order valence-corrected chi connectivity index (χ1v) is 16.9. The summed E-state index contributed by atoms with van der Waals surface area (Å²) >= 11 is 0. The van der Waals surface area contributed by atoms with Crippen LogP contribution in [0.1, 0.15) is 95.3 Å². The third-order valence-electron chi connectivity index (χ3n) is 9.41. The number of hydrogen-bond donors (Lipinski definition) is 0. The summed E-state index contributed by atoms with van der Waals surface area (Å²) in [5.41, 5.74) is 4.46. The summed E-state index contributed by atoms with van der Waals surface area (Å²) in [5, 5.41) is 13.7. The molecule has 1 unspecified atom stereocenters. The summed E-state index contributed by atoms with van der Waals surface area (Å²) in [5.74, 6) is 3.84. The molecule has 2 saturated heterocycles. The zero-order valence-electron chi connectivity index (χ0n) is 27.9. The molecule has 1 aliphatic carbocycles. The van der Waals surface area contributed by atoms with Crippen molar-refractivity contribution >= 4 is 11.8 Å². The van der Waals surface area contributed by atoms with Crippen LogP contribution in [0.4, 0.5) is 0 Å². The van der Waals surface area contributed by atoms with Crippen LogP contribution < -0.4 is 4.74 Å². The second-order valence-electron chi connectivity index (χ2n) is 14.0. The molecule has 0 radical (unpaired) electrons. The Morgan fingerprint density at radius 1 is 0.872 bits per heavy atom. The quantitative estimate of drug-likeness (QED) is 0.190. The molecular weight excluding hydrogens is 590 g/mol. The largest absolute Gasteiger partial charge is 0.457 e. The predicted octanol–water partition coefficient (Wildman–Crippen LogP) is 6.75. The van der Waals surface area contributed by atoms with Gasteiger partial charge in [0.25, 0.3) is 0 Å². The lowest BCUT2D eigenvalue weighted by Crippen LogP contribution is -2.27. The third-order valence-corrected chi connectivity index (χ3v) is 9.41. The molecule has 3 aliphatic rings. The van der Waals surface area contributed by atoms with Gasteiger partial charge in [0.15, 0.2) is 5.82 Å². The smallest absolute Gasteiger partial charge is 0.223 e. The minimum atomic E-state index is 0.0229. The normalized spacial score (nSPS) is 19.9. The van der Waals surface area contributed by atoms with E-state index in [0.29, 0.717) is 61.1 Å². The van der Waals surface area contributed by atoms with Crippen molar-refractivity contribution in [3.05, 3.63) is 71.7 Å². The molecule has 0 N–H and O–H groups in total. The maximum Gasteiger partial charge on any atom is 0.223 e. The number of carbonyl (C=O) groups is 2. The van der Waals surface area contributed by atoms with Crippen molar-refractivity contribution in [3.63, 3.8) is 0 Å². The summed E-state index contributed by atoms with van der Waals surface area (Å²) < 4.78 is 8.51. The Kier molecular flexibility index (Phi) is 8.28. The fraction of sp³-hybridized carbons (Fsp3) is 0.459. The van der Waals surface area contributed by atoms with Crippen LogP contribution in [0.15, 0.2) is 54.6 Å². The molecule has 0 spiro atoms. The highest BCUT2D eigenvalue weighted by Gasteiger charge is 2.41. The highest BCUT2D eigenvalue weighted by atomic mass is 16.5. The summed E-state index contributed by atoms with van der Waals surface area (Å²) in [6.45, 7) is 12.4. The first kappa shape index (κ1) is 31.0. The molecule has 4 aromatic rings. The van der Waals surface area contributed by atoms with Gasteiger partial charge < -0.3 is 14.5 Å². The van der Waals surface area contributed by atoms with Gasteiger partial charge >= 0.3 is 0 Å². The topological polar surface area (TPSA) is 106 Å². The molecular formula is C37H43N7O3. The van der Waals surface area contributed by atoms with Crippen LogP contribution in [0.3, 0.4) is 0 Å². The SMILES string of the molecule is CC(C)c1ccc(-c2ccc(Oc3cc(-c4nc(C5CC(=O)N(C6CC6)C5)n(C(C)C)n4)ccc3CN3C[C@@H](C)CC3=O)cc2)nn1. The van der Waals surface area contributed by atoms with Gasteiger partial charge in [0, 0.05) is 67.2 Å². The Labute approximate surface area is 276 Å². The van der Waals surface area contributed by atoms with E-state index in [1.807, 2.05) is 69.1 Å². The van der Waals surface area contributed by atoms with Gasteiger partial charge in [-0.1, -0.05) is 32.9 Å². The van der Waals surface area contributed by atoms with E-state index in [0.717, 1.165) is 53.3 Å². The predicted molar refractivity (Wildman–Crippen MR) is 179 cm³/mol. The minimum absolute atomic E-state index is 0.0229. The van der Waals surface area contributed by atoms with Gasteiger partial charge in [0.05, 0.1) is 11.4 Å². The van der Waals surface area contributed by atoms with E-state index in [4.69, 9.17) is 14.8 Å². The van der Waals surface area contributed by atoms with Crippen molar-refractivity contribution in [2.45, 2.75) is 90.8 Å². The van der Waals surface area contributed by atoms with Crippen LogP contribution in [0.2, 0.25) is 0 Å². The lowest BCUT2D eigenvalue weighted by atomic mass is 10.1. The van der Waals surface area contributed by atoms with Crippen molar-refractivity contribution in [1.82, 2.24) is 34.8 Å². The second kappa shape index (κ2) is 12.5. The first-order valence-electron chi connectivity index (χ1n) is 16.9. The molecule has 10 nitrogen and oxygen atoms in total. The molecule has 0 bridgehead atoms. The fourth-order valence-electron chi connectivity index (χ4n) is 6.63. The number of ether oxygens (including phenoxy) is 1. The highest BCUT2D eigenvalue weighted by molar-refractivity contribution is 5.80. The molecule has 4 heterocycles. The Bertz CT molecular complexity index is 1780. The number of hydrogen-bond acceptors (Lipinski definition) is 7. The summed E-state index contributed by atoms with van der Waals surface area (Å²) in [6, 6.07) is 18.3. The molecule has 10 heteroatoms. The molecule has 2 aromatic heterocycles. The van der Waals surface area contributed by atoms with Crippen LogP contribution in [0, 0.1) is 5.92 Å². The van der Waals surface area contributed by atoms with Crippen molar-refractivity contribution in [2.24, 2.45) is 5.92 Å². The Morgan fingerprint density at radius 3 is 2.28 bits per heavy atom. The minimum Gasteiger partial charge on any atom is -0.457 e. The van der Waals surface area contributed by atoms with Crippen molar-refractivity contribution < 1.29 is 14.3 Å². The molecule has 2 atom stereocenters. The lowest BCUT2D eigenvalue weighted by Gasteiger charge is -2.19. The van der Waals surface area contributed by atoms with E-state index in [-0.39, 0.29) is 23.8 Å². The van der Waals surface area contributed by atoms with Gasteiger partial charge in [-0.3, -0.25) is 9.59 Å². The van der Waals surface area contributed by atoms with Crippen LogP contribution in [0.5, 0.6) is 11.5 Å². The molecule has 2 amide bonds. The average Bonchev–Trinajstić information content (AvgIpc) is 3.53. The number of nitrogens with zero attached hydrogens (tertiary/aromatic N) is 7.